The Labute approximate surface area is 146 Å². The Morgan fingerprint density at radius 1 is 0.760 bits per heavy atom. The van der Waals surface area contributed by atoms with Gasteiger partial charge in [-0.1, -0.05) is 84.9 Å². The van der Waals surface area contributed by atoms with Crippen molar-refractivity contribution in [2.24, 2.45) is 0 Å². The maximum atomic E-state index is 13.3. The fraction of sp³-hybridized carbons (Fsp3) is 0.0435. The number of hydrogen-bond donors (Lipinski definition) is 0. The molecule has 0 saturated heterocycles. The summed E-state index contributed by atoms with van der Waals surface area (Å²) >= 11 is 0. The van der Waals surface area contributed by atoms with Gasteiger partial charge < -0.3 is 4.79 Å². The third-order valence-corrected chi connectivity index (χ3v) is 4.63. The van der Waals surface area contributed by atoms with Gasteiger partial charge in [0, 0.05) is 11.1 Å². The van der Waals surface area contributed by atoms with Crippen LogP contribution in [0.25, 0.3) is 11.1 Å². The van der Waals surface area contributed by atoms with Crippen molar-refractivity contribution in [1.29, 1.82) is 0 Å². The van der Waals surface area contributed by atoms with E-state index in [1.54, 1.807) is 0 Å². The minimum absolute atomic E-state index is 0.0451. The number of benzene rings is 3. The largest absolute Gasteiger partial charge is 0.302 e. The lowest BCUT2D eigenvalue weighted by Crippen LogP contribution is -2.04. The van der Waals surface area contributed by atoms with Crippen LogP contribution in [0.4, 0.5) is 0 Å². The van der Waals surface area contributed by atoms with Crippen molar-refractivity contribution in [3.8, 4) is 0 Å². The average Bonchev–Trinajstić information content (AvgIpc) is 3.03. The fourth-order valence-corrected chi connectivity index (χ4v) is 3.51. The molecule has 3 aromatic rings. The molecule has 2 nitrogen and oxygen atoms in total. The normalized spacial score (nSPS) is 15.8. The number of hydrogen-bond acceptors (Lipinski definition) is 2. The molecule has 0 spiro atoms. The number of Topliss-reactive ketones (excluding diaryl/α,β-unsaturated/α-hetero) is 1. The number of ketones is 1. The Morgan fingerprint density at radius 2 is 1.36 bits per heavy atom. The summed E-state index contributed by atoms with van der Waals surface area (Å²) in [5.74, 6) is -0.461. The van der Waals surface area contributed by atoms with Crippen LogP contribution in [-0.4, -0.2) is 12.1 Å². The first kappa shape index (κ1) is 15.3. The minimum atomic E-state index is -0.415. The van der Waals surface area contributed by atoms with E-state index in [0.717, 1.165) is 28.5 Å². The molecule has 1 aliphatic rings. The van der Waals surface area contributed by atoms with Crippen molar-refractivity contribution in [2.75, 3.05) is 0 Å². The van der Waals surface area contributed by atoms with Crippen LogP contribution in [0.2, 0.25) is 0 Å². The second-order valence-electron chi connectivity index (χ2n) is 6.05. The number of carbonyl (C=O) groups excluding carboxylic acids is 2. The van der Waals surface area contributed by atoms with Gasteiger partial charge in [0.15, 0.2) is 5.78 Å². The second-order valence-corrected chi connectivity index (χ2v) is 6.05. The van der Waals surface area contributed by atoms with E-state index in [1.165, 1.54) is 0 Å². The molecule has 3 aromatic carbocycles. The van der Waals surface area contributed by atoms with Crippen LogP contribution in [-0.2, 0) is 4.79 Å². The molecule has 25 heavy (non-hydrogen) atoms. The van der Waals surface area contributed by atoms with Gasteiger partial charge in [-0.05, 0) is 22.3 Å². The molecule has 0 aliphatic heterocycles. The Hall–Kier alpha value is -3.26. The molecule has 0 amide bonds. The predicted molar refractivity (Wildman–Crippen MR) is 99.3 cm³/mol. The lowest BCUT2D eigenvalue weighted by molar-refractivity contribution is -0.108. The summed E-state index contributed by atoms with van der Waals surface area (Å²) in [6, 6.07) is 26.6. The van der Waals surface area contributed by atoms with Crippen LogP contribution in [0.3, 0.4) is 0 Å². The third-order valence-electron chi connectivity index (χ3n) is 4.63. The number of aldehydes is 1. The van der Waals surface area contributed by atoms with E-state index in [4.69, 9.17) is 0 Å². The van der Waals surface area contributed by atoms with E-state index < -0.39 is 5.92 Å². The van der Waals surface area contributed by atoms with Gasteiger partial charge in [-0.2, -0.15) is 0 Å². The van der Waals surface area contributed by atoms with Crippen LogP contribution < -0.4 is 0 Å². The monoisotopic (exact) mass is 324 g/mol. The van der Waals surface area contributed by atoms with Crippen molar-refractivity contribution in [1.82, 2.24) is 0 Å². The molecular weight excluding hydrogens is 308 g/mol. The summed E-state index contributed by atoms with van der Waals surface area (Å²) in [5.41, 5.74) is 4.72. The third kappa shape index (κ3) is 2.52. The maximum Gasteiger partial charge on any atom is 0.193 e. The van der Waals surface area contributed by atoms with Crippen molar-refractivity contribution in [3.05, 3.63) is 107 Å². The Balaban J connectivity index is 1.99. The molecule has 0 fully saturated rings. The number of fused-ring (bicyclic) bond motifs is 1. The zero-order valence-electron chi connectivity index (χ0n) is 13.6. The topological polar surface area (TPSA) is 34.1 Å². The van der Waals surface area contributed by atoms with Gasteiger partial charge in [0.05, 0.1) is 5.92 Å². The molecule has 0 aromatic heterocycles. The van der Waals surface area contributed by atoms with Crippen LogP contribution >= 0.6 is 0 Å². The number of allylic oxidation sites excluding steroid dienone is 2. The molecule has 1 atom stereocenters. The summed E-state index contributed by atoms with van der Waals surface area (Å²) in [4.78, 5) is 25.2. The lowest BCUT2D eigenvalue weighted by atomic mass is 9.90. The first-order valence-corrected chi connectivity index (χ1v) is 8.25. The second kappa shape index (κ2) is 6.33. The SMILES string of the molecule is O=CC1C(c2ccccc2)=C(C(=O)c2ccccc2)c2ccccc21. The molecule has 2 heteroatoms. The van der Waals surface area contributed by atoms with Gasteiger partial charge in [0.2, 0.25) is 0 Å². The average molecular weight is 324 g/mol. The van der Waals surface area contributed by atoms with Crippen molar-refractivity contribution in [2.45, 2.75) is 5.92 Å². The van der Waals surface area contributed by atoms with Crippen LogP contribution in [0, 0.1) is 0 Å². The Kier molecular flexibility index (Phi) is 3.87. The van der Waals surface area contributed by atoms with E-state index in [9.17, 15) is 9.59 Å². The quantitative estimate of drug-likeness (QED) is 0.511. The van der Waals surface area contributed by atoms with Gasteiger partial charge in [-0.25, -0.2) is 0 Å². The molecule has 0 heterocycles. The molecule has 0 bridgehead atoms. The summed E-state index contributed by atoms with van der Waals surface area (Å²) < 4.78 is 0. The van der Waals surface area contributed by atoms with Gasteiger partial charge in [-0.3, -0.25) is 4.79 Å². The van der Waals surface area contributed by atoms with E-state index in [0.29, 0.717) is 11.1 Å². The van der Waals surface area contributed by atoms with Crippen LogP contribution in [0.1, 0.15) is 33.0 Å². The highest BCUT2D eigenvalue weighted by Crippen LogP contribution is 2.47. The Bertz CT molecular complexity index is 969. The molecule has 0 radical (unpaired) electrons. The molecule has 0 saturated carbocycles. The highest BCUT2D eigenvalue weighted by molar-refractivity contribution is 6.37. The van der Waals surface area contributed by atoms with Crippen molar-refractivity contribution in [3.63, 3.8) is 0 Å². The van der Waals surface area contributed by atoms with E-state index in [1.807, 2.05) is 84.9 Å². The van der Waals surface area contributed by atoms with Crippen molar-refractivity contribution >= 4 is 23.2 Å². The van der Waals surface area contributed by atoms with E-state index in [-0.39, 0.29) is 5.78 Å². The smallest absolute Gasteiger partial charge is 0.193 e. The zero-order valence-corrected chi connectivity index (χ0v) is 13.6. The summed E-state index contributed by atoms with van der Waals surface area (Å²) in [7, 11) is 0. The predicted octanol–water partition coefficient (Wildman–Crippen LogP) is 4.78. The highest BCUT2D eigenvalue weighted by atomic mass is 16.1. The molecule has 1 unspecified atom stereocenters. The standard InChI is InChI=1S/C23H16O2/c24-15-20-18-13-7-8-14-19(18)22(21(20)16-9-3-1-4-10-16)23(25)17-11-5-2-6-12-17/h1-15,20H. The van der Waals surface area contributed by atoms with Gasteiger partial charge in [0.1, 0.15) is 6.29 Å². The first-order valence-electron chi connectivity index (χ1n) is 8.25. The molecule has 120 valence electrons. The van der Waals surface area contributed by atoms with E-state index in [2.05, 4.69) is 0 Å². The summed E-state index contributed by atoms with van der Waals surface area (Å²) in [6.07, 6.45) is 0.937. The first-order chi connectivity index (χ1) is 12.3. The van der Waals surface area contributed by atoms with Gasteiger partial charge in [0.25, 0.3) is 0 Å². The zero-order chi connectivity index (χ0) is 17.2. The Morgan fingerprint density at radius 3 is 2.04 bits per heavy atom. The molecular formula is C23H16O2. The number of carbonyl (C=O) groups is 2. The summed E-state index contributed by atoms with van der Waals surface area (Å²) in [6.45, 7) is 0. The van der Waals surface area contributed by atoms with E-state index >= 15 is 0 Å². The van der Waals surface area contributed by atoms with Crippen molar-refractivity contribution < 1.29 is 9.59 Å². The molecule has 0 N–H and O–H groups in total. The molecule has 1 aliphatic carbocycles. The van der Waals surface area contributed by atoms with Gasteiger partial charge >= 0.3 is 0 Å². The lowest BCUT2D eigenvalue weighted by Gasteiger charge is -2.11. The van der Waals surface area contributed by atoms with Gasteiger partial charge in [-0.15, -0.1) is 0 Å². The minimum Gasteiger partial charge on any atom is -0.302 e. The number of rotatable bonds is 4. The summed E-state index contributed by atoms with van der Waals surface area (Å²) in [5, 5.41) is 0. The van der Waals surface area contributed by atoms with Crippen LogP contribution in [0.5, 0.6) is 0 Å². The molecule has 4 rings (SSSR count). The fourth-order valence-electron chi connectivity index (χ4n) is 3.51. The highest BCUT2D eigenvalue weighted by Gasteiger charge is 2.35. The van der Waals surface area contributed by atoms with Crippen LogP contribution in [0.15, 0.2) is 84.9 Å². The maximum absolute atomic E-state index is 13.3.